The van der Waals surface area contributed by atoms with Crippen LogP contribution in [0.1, 0.15) is 25.5 Å². The van der Waals surface area contributed by atoms with Gasteiger partial charge in [0.15, 0.2) is 18.0 Å². The Morgan fingerprint density at radius 2 is 1.81 bits per heavy atom. The third-order valence-electron chi connectivity index (χ3n) is 2.20. The molecule has 0 aliphatic carbocycles. The summed E-state index contributed by atoms with van der Waals surface area (Å²) < 4.78 is 4.79. The number of esters is 1. The molecule has 16 heavy (non-hydrogen) atoms. The highest BCUT2D eigenvalue weighted by Gasteiger charge is 2.22. The van der Waals surface area contributed by atoms with Crippen molar-refractivity contribution in [3.8, 4) is 0 Å². The fourth-order valence-electron chi connectivity index (χ4n) is 1.09. The van der Waals surface area contributed by atoms with Gasteiger partial charge < -0.3 is 9.84 Å². The number of Topliss-reactive ketones (excluding diaryl/α,β-unsaturated/α-hetero) is 1. The number of carbonyl (C=O) groups is 2. The van der Waals surface area contributed by atoms with E-state index in [4.69, 9.17) is 4.74 Å². The number of rotatable bonds is 4. The molecule has 4 nitrogen and oxygen atoms in total. The zero-order valence-electron chi connectivity index (χ0n) is 9.21. The van der Waals surface area contributed by atoms with E-state index in [0.717, 1.165) is 0 Å². The van der Waals surface area contributed by atoms with E-state index in [-0.39, 0.29) is 5.78 Å². The molecular formula is C12H14O4. The van der Waals surface area contributed by atoms with Crippen LogP contribution in [-0.4, -0.2) is 23.0 Å². The minimum atomic E-state index is -1.34. The average Bonchev–Trinajstić information content (AvgIpc) is 2.28. The van der Waals surface area contributed by atoms with Crippen LogP contribution in [0.25, 0.3) is 0 Å². The molecule has 0 spiro atoms. The van der Waals surface area contributed by atoms with E-state index in [0.29, 0.717) is 5.56 Å². The van der Waals surface area contributed by atoms with E-state index >= 15 is 0 Å². The summed E-state index contributed by atoms with van der Waals surface area (Å²) >= 11 is 0. The van der Waals surface area contributed by atoms with Crippen molar-refractivity contribution in [2.24, 2.45) is 0 Å². The van der Waals surface area contributed by atoms with E-state index in [1.54, 1.807) is 30.3 Å². The Morgan fingerprint density at radius 1 is 1.25 bits per heavy atom. The summed E-state index contributed by atoms with van der Waals surface area (Å²) in [6.45, 7) is 2.80. The predicted molar refractivity (Wildman–Crippen MR) is 57.6 cm³/mol. The average molecular weight is 222 g/mol. The highest BCUT2D eigenvalue weighted by atomic mass is 16.6. The lowest BCUT2D eigenvalue weighted by molar-refractivity contribution is -0.162. The lowest BCUT2D eigenvalue weighted by atomic mass is 10.1. The Labute approximate surface area is 93.9 Å². The minimum absolute atomic E-state index is 0.256. The zero-order valence-corrected chi connectivity index (χ0v) is 9.21. The van der Waals surface area contributed by atoms with Crippen LogP contribution in [0.2, 0.25) is 0 Å². The maximum Gasteiger partial charge on any atom is 0.340 e. The SMILES string of the molecule is CC(=O)[C@H](C)OC(=O)[C@@H](O)c1ccccc1. The molecular weight excluding hydrogens is 208 g/mol. The molecule has 0 unspecified atom stereocenters. The molecule has 1 rings (SSSR count). The molecule has 1 aromatic carbocycles. The highest BCUT2D eigenvalue weighted by molar-refractivity contribution is 5.84. The lowest BCUT2D eigenvalue weighted by Gasteiger charge is -2.14. The van der Waals surface area contributed by atoms with E-state index in [2.05, 4.69) is 0 Å². The summed E-state index contributed by atoms with van der Waals surface area (Å²) in [5.74, 6) is -1.07. The predicted octanol–water partition coefficient (Wildman–Crippen LogP) is 1.24. The lowest BCUT2D eigenvalue weighted by Crippen LogP contribution is -2.25. The molecule has 0 bridgehead atoms. The van der Waals surface area contributed by atoms with Gasteiger partial charge in [0.05, 0.1) is 0 Å². The van der Waals surface area contributed by atoms with Crippen LogP contribution in [0.4, 0.5) is 0 Å². The smallest absolute Gasteiger partial charge is 0.340 e. The van der Waals surface area contributed by atoms with Crippen LogP contribution in [0, 0.1) is 0 Å². The summed E-state index contributed by atoms with van der Waals surface area (Å²) in [5.41, 5.74) is 0.447. The van der Waals surface area contributed by atoms with E-state index in [9.17, 15) is 14.7 Å². The van der Waals surface area contributed by atoms with Gasteiger partial charge in [-0.1, -0.05) is 30.3 Å². The Hall–Kier alpha value is -1.68. The van der Waals surface area contributed by atoms with Crippen molar-refractivity contribution in [2.45, 2.75) is 26.1 Å². The van der Waals surface area contributed by atoms with Crippen molar-refractivity contribution in [1.82, 2.24) is 0 Å². The fraction of sp³-hybridized carbons (Fsp3) is 0.333. The number of benzene rings is 1. The Bertz CT molecular complexity index is 372. The van der Waals surface area contributed by atoms with Gasteiger partial charge in [-0.3, -0.25) is 4.79 Å². The normalized spacial score (nSPS) is 13.9. The van der Waals surface area contributed by atoms with E-state index < -0.39 is 18.2 Å². The summed E-state index contributed by atoms with van der Waals surface area (Å²) in [6, 6.07) is 8.43. The van der Waals surface area contributed by atoms with E-state index in [1.165, 1.54) is 13.8 Å². The monoisotopic (exact) mass is 222 g/mol. The van der Waals surface area contributed by atoms with Crippen LogP contribution in [-0.2, 0) is 14.3 Å². The van der Waals surface area contributed by atoms with Crippen molar-refractivity contribution in [2.75, 3.05) is 0 Å². The molecule has 0 heterocycles. The molecule has 1 N–H and O–H groups in total. The van der Waals surface area contributed by atoms with Gasteiger partial charge in [-0.25, -0.2) is 4.79 Å². The van der Waals surface area contributed by atoms with Crippen molar-refractivity contribution in [3.63, 3.8) is 0 Å². The fourth-order valence-corrected chi connectivity index (χ4v) is 1.09. The molecule has 0 radical (unpaired) electrons. The second-order valence-electron chi connectivity index (χ2n) is 3.50. The summed E-state index contributed by atoms with van der Waals surface area (Å²) in [7, 11) is 0. The van der Waals surface area contributed by atoms with Gasteiger partial charge in [-0.05, 0) is 19.4 Å². The van der Waals surface area contributed by atoms with Gasteiger partial charge in [-0.15, -0.1) is 0 Å². The summed E-state index contributed by atoms with van der Waals surface area (Å²) in [6.07, 6.45) is -2.17. The van der Waals surface area contributed by atoms with Gasteiger partial charge in [0.1, 0.15) is 0 Å². The van der Waals surface area contributed by atoms with Gasteiger partial charge in [-0.2, -0.15) is 0 Å². The minimum Gasteiger partial charge on any atom is -0.452 e. The molecule has 0 aromatic heterocycles. The van der Waals surface area contributed by atoms with Gasteiger partial charge >= 0.3 is 5.97 Å². The number of aliphatic hydroxyl groups excluding tert-OH is 1. The Balaban J connectivity index is 2.65. The summed E-state index contributed by atoms with van der Waals surface area (Å²) in [4.78, 5) is 22.3. The first-order valence-corrected chi connectivity index (χ1v) is 4.96. The van der Waals surface area contributed by atoms with Crippen LogP contribution >= 0.6 is 0 Å². The molecule has 2 atom stereocenters. The number of carbonyl (C=O) groups excluding carboxylic acids is 2. The first-order chi connectivity index (χ1) is 7.52. The Kier molecular flexibility index (Phi) is 4.19. The molecule has 4 heteroatoms. The maximum absolute atomic E-state index is 11.4. The van der Waals surface area contributed by atoms with Gasteiger partial charge in [0, 0.05) is 0 Å². The quantitative estimate of drug-likeness (QED) is 0.778. The second kappa shape index (κ2) is 5.42. The number of aliphatic hydroxyl groups is 1. The van der Waals surface area contributed by atoms with Crippen molar-refractivity contribution in [1.29, 1.82) is 0 Å². The van der Waals surface area contributed by atoms with Crippen LogP contribution in [0.5, 0.6) is 0 Å². The van der Waals surface area contributed by atoms with Crippen LogP contribution in [0.3, 0.4) is 0 Å². The topological polar surface area (TPSA) is 63.6 Å². The number of hydrogen-bond acceptors (Lipinski definition) is 4. The molecule has 86 valence electrons. The van der Waals surface area contributed by atoms with Gasteiger partial charge in [0.25, 0.3) is 0 Å². The van der Waals surface area contributed by atoms with Crippen molar-refractivity contribution in [3.05, 3.63) is 35.9 Å². The standard InChI is InChI=1S/C12H14O4/c1-8(13)9(2)16-12(15)11(14)10-6-4-3-5-7-10/h3-7,9,11,14H,1-2H3/t9-,11-/m0/s1. The highest BCUT2D eigenvalue weighted by Crippen LogP contribution is 2.14. The molecule has 1 aromatic rings. The van der Waals surface area contributed by atoms with Crippen LogP contribution < -0.4 is 0 Å². The number of hydrogen-bond donors (Lipinski definition) is 1. The Morgan fingerprint density at radius 3 is 2.31 bits per heavy atom. The first-order valence-electron chi connectivity index (χ1n) is 4.96. The van der Waals surface area contributed by atoms with E-state index in [1.807, 2.05) is 0 Å². The molecule has 0 saturated heterocycles. The molecule has 0 amide bonds. The second-order valence-corrected chi connectivity index (χ2v) is 3.50. The maximum atomic E-state index is 11.4. The molecule has 0 aliphatic heterocycles. The van der Waals surface area contributed by atoms with Crippen molar-refractivity contribution >= 4 is 11.8 Å². The van der Waals surface area contributed by atoms with Crippen molar-refractivity contribution < 1.29 is 19.4 Å². The summed E-state index contributed by atoms with van der Waals surface area (Å²) in [5, 5.41) is 9.63. The van der Waals surface area contributed by atoms with Gasteiger partial charge in [0.2, 0.25) is 0 Å². The zero-order chi connectivity index (χ0) is 12.1. The van der Waals surface area contributed by atoms with Crippen LogP contribution in [0.15, 0.2) is 30.3 Å². The largest absolute Gasteiger partial charge is 0.452 e. The third kappa shape index (κ3) is 3.17. The number of ketones is 1. The third-order valence-corrected chi connectivity index (χ3v) is 2.20. The first kappa shape index (κ1) is 12.4. The number of ether oxygens (including phenoxy) is 1. The molecule has 0 saturated carbocycles. The molecule has 0 fully saturated rings. The molecule has 0 aliphatic rings.